The summed E-state index contributed by atoms with van der Waals surface area (Å²) in [4.78, 5) is 13.8. The first-order valence-electron chi connectivity index (χ1n) is 6.61. The summed E-state index contributed by atoms with van der Waals surface area (Å²) in [7, 11) is 3.99. The Morgan fingerprint density at radius 3 is 2.24 bits per heavy atom. The van der Waals surface area contributed by atoms with E-state index in [-0.39, 0.29) is 6.03 Å². The molecule has 0 saturated heterocycles. The maximum Gasteiger partial charge on any atom is 0.319 e. The standard InChI is InChI=1S/C16H18ClN3O/c1-20(2)15-9-3-12(4-10-15)11-18-16(21)19-14-7-5-13(17)6-8-14/h3-10H,11H2,1-2H3,(H2,18,19,21). The highest BCUT2D eigenvalue weighted by Gasteiger charge is 2.02. The number of rotatable bonds is 4. The van der Waals surface area contributed by atoms with Crippen molar-refractivity contribution in [1.82, 2.24) is 5.32 Å². The van der Waals surface area contributed by atoms with Gasteiger partial charge in [-0.3, -0.25) is 0 Å². The Balaban J connectivity index is 1.84. The smallest absolute Gasteiger partial charge is 0.319 e. The molecule has 0 heterocycles. The van der Waals surface area contributed by atoms with Gasteiger partial charge in [0.25, 0.3) is 0 Å². The molecule has 21 heavy (non-hydrogen) atoms. The minimum atomic E-state index is -0.242. The van der Waals surface area contributed by atoms with Crippen molar-refractivity contribution in [2.24, 2.45) is 0 Å². The van der Waals surface area contributed by atoms with Gasteiger partial charge >= 0.3 is 6.03 Å². The lowest BCUT2D eigenvalue weighted by Crippen LogP contribution is -2.28. The molecule has 110 valence electrons. The molecule has 2 amide bonds. The summed E-state index contributed by atoms with van der Waals surface area (Å²) in [6, 6.07) is 14.8. The second-order valence-corrected chi connectivity index (χ2v) is 5.31. The van der Waals surface area contributed by atoms with Crippen molar-refractivity contribution in [2.45, 2.75) is 6.54 Å². The second kappa shape index (κ2) is 6.99. The number of nitrogens with zero attached hydrogens (tertiary/aromatic N) is 1. The molecule has 2 N–H and O–H groups in total. The summed E-state index contributed by atoms with van der Waals surface area (Å²) < 4.78 is 0. The monoisotopic (exact) mass is 303 g/mol. The Hall–Kier alpha value is -2.20. The molecule has 0 radical (unpaired) electrons. The van der Waals surface area contributed by atoms with E-state index in [0.29, 0.717) is 17.3 Å². The fourth-order valence-corrected chi connectivity index (χ4v) is 1.93. The molecule has 0 aliphatic carbocycles. The summed E-state index contributed by atoms with van der Waals surface area (Å²) in [5.41, 5.74) is 2.89. The van der Waals surface area contributed by atoms with Gasteiger partial charge < -0.3 is 15.5 Å². The zero-order chi connectivity index (χ0) is 15.2. The predicted octanol–water partition coefficient (Wildman–Crippen LogP) is 3.73. The van der Waals surface area contributed by atoms with Crippen LogP contribution in [-0.2, 0) is 6.54 Å². The average Bonchev–Trinajstić information content (AvgIpc) is 2.48. The molecule has 2 aromatic rings. The maximum absolute atomic E-state index is 11.8. The molecular weight excluding hydrogens is 286 g/mol. The Bertz CT molecular complexity index is 594. The van der Waals surface area contributed by atoms with Crippen molar-refractivity contribution < 1.29 is 4.79 Å². The molecule has 2 rings (SSSR count). The zero-order valence-corrected chi connectivity index (χ0v) is 12.8. The molecule has 0 aromatic heterocycles. The Labute approximate surface area is 129 Å². The van der Waals surface area contributed by atoms with Gasteiger partial charge in [0.2, 0.25) is 0 Å². The van der Waals surface area contributed by atoms with Crippen molar-refractivity contribution in [1.29, 1.82) is 0 Å². The van der Waals surface area contributed by atoms with E-state index in [4.69, 9.17) is 11.6 Å². The van der Waals surface area contributed by atoms with Crippen molar-refractivity contribution >= 4 is 29.0 Å². The molecule has 4 nitrogen and oxygen atoms in total. The molecule has 5 heteroatoms. The van der Waals surface area contributed by atoms with Crippen molar-refractivity contribution in [3.8, 4) is 0 Å². The molecule has 0 aliphatic rings. The number of carbonyl (C=O) groups is 1. The van der Waals surface area contributed by atoms with E-state index in [9.17, 15) is 4.79 Å². The third-order valence-electron chi connectivity index (χ3n) is 3.01. The molecule has 0 saturated carbocycles. The quantitative estimate of drug-likeness (QED) is 0.904. The number of halogens is 1. The minimum absolute atomic E-state index is 0.242. The number of hydrogen-bond donors (Lipinski definition) is 2. The van der Waals surface area contributed by atoms with Gasteiger partial charge in [0.1, 0.15) is 0 Å². The second-order valence-electron chi connectivity index (χ2n) is 4.88. The highest BCUT2D eigenvalue weighted by Crippen LogP contribution is 2.14. The zero-order valence-electron chi connectivity index (χ0n) is 12.1. The number of anilines is 2. The minimum Gasteiger partial charge on any atom is -0.378 e. The van der Waals surface area contributed by atoms with E-state index in [0.717, 1.165) is 11.3 Å². The van der Waals surface area contributed by atoms with E-state index in [1.54, 1.807) is 24.3 Å². The SMILES string of the molecule is CN(C)c1ccc(CNC(=O)Nc2ccc(Cl)cc2)cc1. The van der Waals surface area contributed by atoms with Crippen LogP contribution in [0.1, 0.15) is 5.56 Å². The molecule has 0 atom stereocenters. The molecule has 2 aromatic carbocycles. The molecule has 0 unspecified atom stereocenters. The molecule has 0 fully saturated rings. The highest BCUT2D eigenvalue weighted by atomic mass is 35.5. The lowest BCUT2D eigenvalue weighted by Gasteiger charge is -2.13. The summed E-state index contributed by atoms with van der Waals surface area (Å²) >= 11 is 5.79. The van der Waals surface area contributed by atoms with Crippen LogP contribution in [-0.4, -0.2) is 20.1 Å². The summed E-state index contributed by atoms with van der Waals surface area (Å²) in [5, 5.41) is 6.21. The maximum atomic E-state index is 11.8. The van der Waals surface area contributed by atoms with E-state index < -0.39 is 0 Å². The first kappa shape index (κ1) is 15.2. The number of urea groups is 1. The van der Waals surface area contributed by atoms with Crippen LogP contribution in [0.25, 0.3) is 0 Å². The predicted molar refractivity (Wildman–Crippen MR) is 88.1 cm³/mol. The largest absolute Gasteiger partial charge is 0.378 e. The molecule has 0 spiro atoms. The summed E-state index contributed by atoms with van der Waals surface area (Å²) in [6.07, 6.45) is 0. The van der Waals surface area contributed by atoms with Crippen LogP contribution in [0.2, 0.25) is 5.02 Å². The summed E-state index contributed by atoms with van der Waals surface area (Å²) in [5.74, 6) is 0. The van der Waals surface area contributed by atoms with Crippen molar-refractivity contribution in [2.75, 3.05) is 24.3 Å². The van der Waals surface area contributed by atoms with Gasteiger partial charge in [-0.1, -0.05) is 23.7 Å². The molecular formula is C16H18ClN3O. The van der Waals surface area contributed by atoms with Gasteiger partial charge in [0.15, 0.2) is 0 Å². The Kier molecular flexibility index (Phi) is 5.06. The van der Waals surface area contributed by atoms with E-state index in [1.807, 2.05) is 43.3 Å². The lowest BCUT2D eigenvalue weighted by atomic mass is 10.2. The van der Waals surface area contributed by atoms with Gasteiger partial charge in [-0.15, -0.1) is 0 Å². The normalized spacial score (nSPS) is 10.0. The number of carbonyl (C=O) groups excluding carboxylic acids is 1. The van der Waals surface area contributed by atoms with Crippen molar-refractivity contribution in [3.63, 3.8) is 0 Å². The van der Waals surface area contributed by atoms with Crippen molar-refractivity contribution in [3.05, 3.63) is 59.1 Å². The van der Waals surface area contributed by atoms with Gasteiger partial charge in [-0.2, -0.15) is 0 Å². The third kappa shape index (κ3) is 4.68. The van der Waals surface area contributed by atoms with Crippen LogP contribution in [0.5, 0.6) is 0 Å². The average molecular weight is 304 g/mol. The number of benzene rings is 2. The Morgan fingerprint density at radius 1 is 1.05 bits per heavy atom. The highest BCUT2D eigenvalue weighted by molar-refractivity contribution is 6.30. The van der Waals surface area contributed by atoms with Gasteiger partial charge in [0.05, 0.1) is 0 Å². The fourth-order valence-electron chi connectivity index (χ4n) is 1.80. The lowest BCUT2D eigenvalue weighted by molar-refractivity contribution is 0.251. The first-order chi connectivity index (χ1) is 10.0. The topological polar surface area (TPSA) is 44.4 Å². The van der Waals surface area contributed by atoms with Crippen LogP contribution in [0.4, 0.5) is 16.2 Å². The first-order valence-corrected chi connectivity index (χ1v) is 6.99. The third-order valence-corrected chi connectivity index (χ3v) is 3.26. The van der Waals surface area contributed by atoms with Crippen LogP contribution in [0, 0.1) is 0 Å². The number of hydrogen-bond acceptors (Lipinski definition) is 2. The number of amides is 2. The van der Waals surface area contributed by atoms with Crippen LogP contribution in [0.15, 0.2) is 48.5 Å². The van der Waals surface area contributed by atoms with Gasteiger partial charge in [0, 0.05) is 37.0 Å². The number of nitrogens with one attached hydrogen (secondary N) is 2. The molecule has 0 aliphatic heterocycles. The van der Waals surface area contributed by atoms with E-state index >= 15 is 0 Å². The molecule has 0 bridgehead atoms. The summed E-state index contributed by atoms with van der Waals surface area (Å²) in [6.45, 7) is 0.479. The fraction of sp³-hybridized carbons (Fsp3) is 0.188. The van der Waals surface area contributed by atoms with E-state index in [1.165, 1.54) is 0 Å². The van der Waals surface area contributed by atoms with Crippen LogP contribution < -0.4 is 15.5 Å². The Morgan fingerprint density at radius 2 is 1.67 bits per heavy atom. The van der Waals surface area contributed by atoms with Crippen LogP contribution >= 0.6 is 11.6 Å². The van der Waals surface area contributed by atoms with E-state index in [2.05, 4.69) is 10.6 Å². The van der Waals surface area contributed by atoms with Crippen LogP contribution in [0.3, 0.4) is 0 Å². The van der Waals surface area contributed by atoms with Gasteiger partial charge in [-0.05, 0) is 42.0 Å². The van der Waals surface area contributed by atoms with Gasteiger partial charge in [-0.25, -0.2) is 4.79 Å².